The Morgan fingerprint density at radius 3 is 2.76 bits per heavy atom. The minimum absolute atomic E-state index is 0.0315. The van der Waals surface area contributed by atoms with Crippen LogP contribution in [-0.4, -0.2) is 42.1 Å². The van der Waals surface area contributed by atoms with E-state index in [4.69, 9.17) is 9.84 Å². The quantitative estimate of drug-likeness (QED) is 0.835. The Morgan fingerprint density at radius 1 is 1.53 bits per heavy atom. The van der Waals surface area contributed by atoms with E-state index in [1.54, 1.807) is 23.3 Å². The van der Waals surface area contributed by atoms with Gasteiger partial charge < -0.3 is 14.7 Å². The van der Waals surface area contributed by atoms with Crippen molar-refractivity contribution < 1.29 is 19.4 Å². The average molecular weight is 257 g/mol. The van der Waals surface area contributed by atoms with Crippen molar-refractivity contribution in [1.82, 2.24) is 4.90 Å². The molecule has 0 saturated heterocycles. The van der Waals surface area contributed by atoms with Gasteiger partial charge in [-0.1, -0.05) is 6.07 Å². The van der Waals surface area contributed by atoms with Gasteiger partial charge in [0.25, 0.3) is 0 Å². The normalized spacial score (nSPS) is 12.1. The van der Waals surface area contributed by atoms with Gasteiger partial charge in [0, 0.05) is 11.9 Å². The van der Waals surface area contributed by atoms with Gasteiger partial charge in [-0.25, -0.2) is 4.79 Å². The molecule has 0 aliphatic carbocycles. The number of carbonyl (C=O) groups excluding carboxylic acids is 1. The van der Waals surface area contributed by atoms with Crippen LogP contribution in [0.1, 0.15) is 17.8 Å². The zero-order chi connectivity index (χ0) is 12.8. The molecule has 17 heavy (non-hydrogen) atoms. The van der Waals surface area contributed by atoms with Gasteiger partial charge in [0.2, 0.25) is 5.91 Å². The minimum atomic E-state index is -1.08. The van der Waals surface area contributed by atoms with Gasteiger partial charge in [0.15, 0.2) is 0 Å². The van der Waals surface area contributed by atoms with Crippen molar-refractivity contribution in [2.45, 2.75) is 13.0 Å². The van der Waals surface area contributed by atoms with E-state index in [1.807, 2.05) is 24.4 Å². The van der Waals surface area contributed by atoms with Crippen molar-refractivity contribution in [3.8, 4) is 0 Å². The Labute approximate surface area is 104 Å². The molecule has 1 aromatic rings. The zero-order valence-electron chi connectivity index (χ0n) is 9.75. The fraction of sp³-hybridized carbons (Fsp3) is 0.455. The summed E-state index contributed by atoms with van der Waals surface area (Å²) in [7, 11) is 1.68. The van der Waals surface area contributed by atoms with Crippen molar-refractivity contribution >= 4 is 23.2 Å². The molecule has 5 nitrogen and oxygen atoms in total. The maximum Gasteiger partial charge on any atom is 0.329 e. The van der Waals surface area contributed by atoms with Crippen LogP contribution >= 0.6 is 11.3 Å². The number of rotatable bonds is 6. The zero-order valence-corrected chi connectivity index (χ0v) is 10.6. The summed E-state index contributed by atoms with van der Waals surface area (Å²) in [4.78, 5) is 24.5. The Kier molecular flexibility index (Phi) is 5.11. The fourth-order valence-electron chi connectivity index (χ4n) is 1.26. The molecule has 1 unspecified atom stereocenters. The number of hydrogen-bond donors (Lipinski definition) is 1. The Hall–Kier alpha value is -1.40. The first-order chi connectivity index (χ1) is 8.02. The van der Waals surface area contributed by atoms with Gasteiger partial charge in [-0.3, -0.25) is 4.79 Å². The van der Waals surface area contributed by atoms with Gasteiger partial charge in [-0.05, 0) is 18.4 Å². The highest BCUT2D eigenvalue weighted by Gasteiger charge is 2.18. The van der Waals surface area contributed by atoms with Crippen LogP contribution in [0.4, 0.5) is 0 Å². The highest BCUT2D eigenvalue weighted by Crippen LogP contribution is 2.23. The average Bonchev–Trinajstić information content (AvgIpc) is 2.79. The van der Waals surface area contributed by atoms with Crippen molar-refractivity contribution in [2.75, 3.05) is 20.3 Å². The number of carbonyl (C=O) groups is 2. The summed E-state index contributed by atoms with van der Waals surface area (Å²) in [5.41, 5.74) is 0. The lowest BCUT2D eigenvalue weighted by Crippen LogP contribution is -2.33. The lowest BCUT2D eigenvalue weighted by molar-refractivity contribution is -0.146. The summed E-state index contributed by atoms with van der Waals surface area (Å²) >= 11 is 1.58. The first kappa shape index (κ1) is 13.7. The van der Waals surface area contributed by atoms with Gasteiger partial charge in [-0.2, -0.15) is 0 Å². The molecule has 0 fully saturated rings. The first-order valence-corrected chi connectivity index (χ1v) is 5.99. The van der Waals surface area contributed by atoms with Crippen LogP contribution < -0.4 is 0 Å². The van der Waals surface area contributed by atoms with Crippen LogP contribution in [0, 0.1) is 0 Å². The summed E-state index contributed by atoms with van der Waals surface area (Å²) < 4.78 is 4.76. The van der Waals surface area contributed by atoms with Crippen LogP contribution in [0.25, 0.3) is 0 Å². The van der Waals surface area contributed by atoms with Crippen molar-refractivity contribution in [3.63, 3.8) is 0 Å². The van der Waals surface area contributed by atoms with Crippen molar-refractivity contribution in [2.24, 2.45) is 0 Å². The third kappa shape index (κ3) is 4.16. The molecule has 1 rings (SSSR count). The van der Waals surface area contributed by atoms with Gasteiger partial charge in [0.1, 0.15) is 13.2 Å². The topological polar surface area (TPSA) is 66.8 Å². The highest BCUT2D eigenvalue weighted by atomic mass is 32.1. The summed E-state index contributed by atoms with van der Waals surface area (Å²) in [6.07, 6.45) is 0. The standard InChI is InChI=1S/C11H15NO4S/c1-8(9-4-3-5-17-9)12(2)10(13)6-16-7-11(14)15/h3-5,8H,6-7H2,1-2H3,(H,14,15). The van der Waals surface area contributed by atoms with Crippen LogP contribution in [0.15, 0.2) is 17.5 Å². The molecular weight excluding hydrogens is 242 g/mol. The van der Waals surface area contributed by atoms with E-state index in [1.165, 1.54) is 0 Å². The monoisotopic (exact) mass is 257 g/mol. The number of ether oxygens (including phenoxy) is 1. The van der Waals surface area contributed by atoms with E-state index in [0.29, 0.717) is 0 Å². The second-order valence-electron chi connectivity index (χ2n) is 3.58. The highest BCUT2D eigenvalue weighted by molar-refractivity contribution is 7.10. The molecule has 94 valence electrons. The van der Waals surface area contributed by atoms with Gasteiger partial charge >= 0.3 is 5.97 Å². The van der Waals surface area contributed by atoms with E-state index in [0.717, 1.165) is 4.88 Å². The maximum atomic E-state index is 11.7. The molecule has 1 N–H and O–H groups in total. The summed E-state index contributed by atoms with van der Waals surface area (Å²) in [5.74, 6) is -1.31. The molecule has 0 aliphatic heterocycles. The van der Waals surface area contributed by atoms with E-state index in [2.05, 4.69) is 0 Å². The lowest BCUT2D eigenvalue weighted by Gasteiger charge is -2.23. The number of nitrogens with zero attached hydrogens (tertiary/aromatic N) is 1. The van der Waals surface area contributed by atoms with Crippen LogP contribution in [0.2, 0.25) is 0 Å². The van der Waals surface area contributed by atoms with Crippen molar-refractivity contribution in [1.29, 1.82) is 0 Å². The van der Waals surface area contributed by atoms with E-state index in [-0.39, 0.29) is 18.6 Å². The fourth-order valence-corrected chi connectivity index (χ4v) is 2.09. The molecule has 0 saturated carbocycles. The number of amides is 1. The number of likely N-dealkylation sites (N-methyl/N-ethyl adjacent to an activating group) is 1. The first-order valence-electron chi connectivity index (χ1n) is 5.11. The molecular formula is C11H15NO4S. The van der Waals surface area contributed by atoms with Crippen LogP contribution in [-0.2, 0) is 14.3 Å². The summed E-state index contributed by atoms with van der Waals surface area (Å²) in [5, 5.41) is 10.3. The lowest BCUT2D eigenvalue weighted by atomic mass is 10.2. The third-order valence-corrected chi connectivity index (χ3v) is 3.42. The van der Waals surface area contributed by atoms with E-state index >= 15 is 0 Å². The van der Waals surface area contributed by atoms with Gasteiger partial charge in [-0.15, -0.1) is 11.3 Å². The number of aliphatic carboxylic acids is 1. The molecule has 0 bridgehead atoms. The molecule has 0 aromatic carbocycles. The van der Waals surface area contributed by atoms with Crippen LogP contribution in [0.5, 0.6) is 0 Å². The maximum absolute atomic E-state index is 11.7. The van der Waals surface area contributed by atoms with Crippen LogP contribution in [0.3, 0.4) is 0 Å². The third-order valence-electron chi connectivity index (χ3n) is 2.38. The molecule has 1 heterocycles. The van der Waals surface area contributed by atoms with Gasteiger partial charge in [0.05, 0.1) is 6.04 Å². The second-order valence-corrected chi connectivity index (χ2v) is 4.56. The molecule has 1 aromatic heterocycles. The summed E-state index contributed by atoms with van der Waals surface area (Å²) in [6.45, 7) is 1.26. The molecule has 6 heteroatoms. The van der Waals surface area contributed by atoms with Crippen molar-refractivity contribution in [3.05, 3.63) is 22.4 Å². The minimum Gasteiger partial charge on any atom is -0.480 e. The number of hydrogen-bond acceptors (Lipinski definition) is 4. The molecule has 0 spiro atoms. The summed E-state index contributed by atoms with van der Waals surface area (Å²) in [6, 6.07) is 3.85. The Bertz CT molecular complexity index is 377. The van der Waals surface area contributed by atoms with E-state index in [9.17, 15) is 9.59 Å². The molecule has 0 aliphatic rings. The predicted molar refractivity (Wildman–Crippen MR) is 64.0 cm³/mol. The molecule has 0 radical (unpaired) electrons. The SMILES string of the molecule is CC(c1cccs1)N(C)C(=O)COCC(=O)O. The number of carboxylic acids is 1. The second kappa shape index (κ2) is 6.36. The Morgan fingerprint density at radius 2 is 2.24 bits per heavy atom. The largest absolute Gasteiger partial charge is 0.480 e. The van der Waals surface area contributed by atoms with E-state index < -0.39 is 12.6 Å². The Balaban J connectivity index is 2.43. The predicted octanol–water partition coefficient (Wildman–Crippen LogP) is 1.37. The molecule has 1 atom stereocenters. The number of carboxylic acid groups (broad SMARTS) is 1. The molecule has 1 amide bonds. The number of thiophene rings is 1. The smallest absolute Gasteiger partial charge is 0.329 e.